The van der Waals surface area contributed by atoms with Gasteiger partial charge in [0.05, 0.1) is 0 Å². The molecule has 0 amide bonds. The van der Waals surface area contributed by atoms with Gasteiger partial charge in [0.15, 0.2) is 0 Å². The molecule has 0 bridgehead atoms. The molecule has 1 N–H and O–H groups in total. The molecule has 4 heteroatoms. The lowest BCUT2D eigenvalue weighted by Crippen LogP contribution is -2.52. The maximum atomic E-state index is 5.08. The number of methoxy groups -OCH3 is 2. The van der Waals surface area contributed by atoms with E-state index in [1.165, 1.54) is 0 Å². The zero-order chi connectivity index (χ0) is 8.20. The first-order valence-corrected chi connectivity index (χ1v) is 3.12. The van der Waals surface area contributed by atoms with Crippen LogP contribution in [0.15, 0.2) is 0 Å². The Morgan fingerprint density at radius 3 is 1.80 bits per heavy atom. The highest BCUT2D eigenvalue weighted by Crippen LogP contribution is 2.10. The minimum Gasteiger partial charge on any atom is -0.340 e. The molecule has 0 fully saturated rings. The van der Waals surface area contributed by atoms with Gasteiger partial charge in [0.2, 0.25) is 5.91 Å². The number of nitrogens with zero attached hydrogens (tertiary/aromatic N) is 1. The van der Waals surface area contributed by atoms with Crippen molar-refractivity contribution in [2.75, 3.05) is 28.3 Å². The molecule has 4 nitrogen and oxygen atoms in total. The van der Waals surface area contributed by atoms with Crippen LogP contribution in [0, 0.1) is 0 Å². The van der Waals surface area contributed by atoms with Crippen LogP contribution in [-0.4, -0.2) is 39.2 Å². The van der Waals surface area contributed by atoms with Gasteiger partial charge in [0, 0.05) is 28.2 Å². The van der Waals surface area contributed by atoms with E-state index >= 15 is 0 Å². The zero-order valence-corrected chi connectivity index (χ0v) is 7.26. The van der Waals surface area contributed by atoms with Crippen LogP contribution >= 0.6 is 0 Å². The zero-order valence-electron chi connectivity index (χ0n) is 7.26. The van der Waals surface area contributed by atoms with Crippen molar-refractivity contribution in [2.24, 2.45) is 0 Å². The van der Waals surface area contributed by atoms with E-state index in [2.05, 4.69) is 5.43 Å². The van der Waals surface area contributed by atoms with Gasteiger partial charge in [0.1, 0.15) is 0 Å². The largest absolute Gasteiger partial charge is 0.340 e. The molecular weight excluding hydrogens is 132 g/mol. The molecule has 0 saturated heterocycles. The molecule has 0 aliphatic rings. The molecule has 0 unspecified atom stereocenters. The first-order valence-electron chi connectivity index (χ1n) is 3.12. The molecule has 0 aliphatic heterocycles. The van der Waals surface area contributed by atoms with Crippen LogP contribution in [0.25, 0.3) is 0 Å². The van der Waals surface area contributed by atoms with Gasteiger partial charge in [-0.15, -0.1) is 0 Å². The summed E-state index contributed by atoms with van der Waals surface area (Å²) < 4.78 is 10.2. The topological polar surface area (TPSA) is 33.7 Å². The van der Waals surface area contributed by atoms with Crippen molar-refractivity contribution in [3.8, 4) is 0 Å². The Morgan fingerprint density at radius 2 is 1.70 bits per heavy atom. The van der Waals surface area contributed by atoms with E-state index in [1.54, 1.807) is 26.3 Å². The van der Waals surface area contributed by atoms with Crippen LogP contribution in [0.4, 0.5) is 0 Å². The average molecular weight is 148 g/mol. The van der Waals surface area contributed by atoms with Gasteiger partial charge in [-0.3, -0.25) is 5.43 Å². The molecule has 0 heterocycles. The third kappa shape index (κ3) is 1.91. The normalized spacial score (nSPS) is 12.6. The van der Waals surface area contributed by atoms with E-state index in [9.17, 15) is 0 Å². The maximum absolute atomic E-state index is 5.08. The predicted molar refractivity (Wildman–Crippen MR) is 39.2 cm³/mol. The van der Waals surface area contributed by atoms with Gasteiger partial charge in [-0.1, -0.05) is 0 Å². The average Bonchev–Trinajstić information content (AvgIpc) is 2.01. The second-order valence-electron chi connectivity index (χ2n) is 2.09. The van der Waals surface area contributed by atoms with Crippen molar-refractivity contribution < 1.29 is 9.47 Å². The van der Waals surface area contributed by atoms with Gasteiger partial charge in [0.25, 0.3) is 0 Å². The van der Waals surface area contributed by atoms with Gasteiger partial charge in [-0.2, -0.15) is 5.01 Å². The lowest BCUT2D eigenvalue weighted by Gasteiger charge is -2.34. The second-order valence-corrected chi connectivity index (χ2v) is 2.09. The summed E-state index contributed by atoms with van der Waals surface area (Å²) in [6.07, 6.45) is 0. The SMILES string of the molecule is CNN(C)C(C)(OC)OC. The smallest absolute Gasteiger partial charge is 0.239 e. The Morgan fingerprint density at radius 1 is 1.30 bits per heavy atom. The van der Waals surface area contributed by atoms with Gasteiger partial charge >= 0.3 is 0 Å². The Labute approximate surface area is 62.1 Å². The first-order chi connectivity index (χ1) is 4.60. The molecule has 0 aromatic heterocycles. The number of hydrazine groups is 1. The van der Waals surface area contributed by atoms with Gasteiger partial charge < -0.3 is 9.47 Å². The van der Waals surface area contributed by atoms with Crippen LogP contribution in [0.3, 0.4) is 0 Å². The molecule has 0 atom stereocenters. The summed E-state index contributed by atoms with van der Waals surface area (Å²) in [6.45, 7) is 1.82. The summed E-state index contributed by atoms with van der Waals surface area (Å²) in [5, 5.41) is 1.73. The highest BCUT2D eigenvalue weighted by atomic mass is 16.7. The summed E-state index contributed by atoms with van der Waals surface area (Å²) in [5.41, 5.74) is 2.89. The molecule has 0 aromatic rings. The van der Waals surface area contributed by atoms with Crippen LogP contribution in [0.5, 0.6) is 0 Å². The van der Waals surface area contributed by atoms with E-state index in [0.29, 0.717) is 0 Å². The number of hydrogen-bond donors (Lipinski definition) is 1. The molecule has 0 aromatic carbocycles. The van der Waals surface area contributed by atoms with E-state index in [-0.39, 0.29) is 0 Å². The fraction of sp³-hybridized carbons (Fsp3) is 1.00. The summed E-state index contributed by atoms with van der Waals surface area (Å²) >= 11 is 0. The third-order valence-corrected chi connectivity index (χ3v) is 1.70. The summed E-state index contributed by atoms with van der Waals surface area (Å²) in [6, 6.07) is 0. The Bertz CT molecular complexity index is 93.7. The van der Waals surface area contributed by atoms with Crippen molar-refractivity contribution >= 4 is 0 Å². The molecule has 62 valence electrons. The highest BCUT2D eigenvalue weighted by Gasteiger charge is 2.27. The van der Waals surface area contributed by atoms with Crippen LogP contribution < -0.4 is 5.43 Å². The fourth-order valence-corrected chi connectivity index (χ4v) is 0.560. The number of hydrogen-bond acceptors (Lipinski definition) is 4. The quantitative estimate of drug-likeness (QED) is 0.450. The predicted octanol–water partition coefficient (Wildman–Crippen LogP) is 0.0191. The Kier molecular flexibility index (Phi) is 3.81. The minimum absolute atomic E-state index is 0.686. The number of rotatable bonds is 4. The lowest BCUT2D eigenvalue weighted by atomic mass is 10.5. The Hall–Kier alpha value is -0.160. The Balaban J connectivity index is 4.02. The molecule has 0 aliphatic carbocycles. The van der Waals surface area contributed by atoms with Gasteiger partial charge in [-0.05, 0) is 7.05 Å². The molecule has 10 heavy (non-hydrogen) atoms. The minimum atomic E-state index is -0.686. The van der Waals surface area contributed by atoms with Crippen molar-refractivity contribution in [3.63, 3.8) is 0 Å². The van der Waals surface area contributed by atoms with E-state index in [4.69, 9.17) is 9.47 Å². The molecular formula is C6H16N2O2. The molecule has 0 spiro atoms. The summed E-state index contributed by atoms with van der Waals surface area (Å²) in [4.78, 5) is 0. The van der Waals surface area contributed by atoms with Crippen molar-refractivity contribution in [2.45, 2.75) is 12.8 Å². The van der Waals surface area contributed by atoms with Crippen LogP contribution in [-0.2, 0) is 9.47 Å². The summed E-state index contributed by atoms with van der Waals surface area (Å²) in [5.74, 6) is -0.686. The van der Waals surface area contributed by atoms with E-state index in [0.717, 1.165) is 0 Å². The third-order valence-electron chi connectivity index (χ3n) is 1.70. The molecule has 0 saturated carbocycles. The van der Waals surface area contributed by atoms with Crippen molar-refractivity contribution in [3.05, 3.63) is 0 Å². The fourth-order valence-electron chi connectivity index (χ4n) is 0.560. The van der Waals surface area contributed by atoms with Crippen LogP contribution in [0.1, 0.15) is 6.92 Å². The highest BCUT2D eigenvalue weighted by molar-refractivity contribution is 4.55. The maximum Gasteiger partial charge on any atom is 0.239 e. The number of ether oxygens (including phenoxy) is 2. The second kappa shape index (κ2) is 3.88. The van der Waals surface area contributed by atoms with Gasteiger partial charge in [-0.25, -0.2) is 0 Å². The molecule has 0 rings (SSSR count). The monoisotopic (exact) mass is 148 g/mol. The van der Waals surface area contributed by atoms with Crippen molar-refractivity contribution in [1.29, 1.82) is 0 Å². The lowest BCUT2D eigenvalue weighted by molar-refractivity contribution is -0.288. The number of nitrogens with one attached hydrogen (secondary N) is 1. The standard InChI is InChI=1S/C6H16N2O2/c1-6(9-4,10-5)8(3)7-2/h7H,1-5H3. The van der Waals surface area contributed by atoms with E-state index in [1.807, 2.05) is 14.0 Å². The van der Waals surface area contributed by atoms with Crippen molar-refractivity contribution in [1.82, 2.24) is 10.4 Å². The van der Waals surface area contributed by atoms with E-state index < -0.39 is 5.91 Å². The summed E-state index contributed by atoms with van der Waals surface area (Å²) in [7, 11) is 6.83. The first kappa shape index (κ1) is 9.84. The van der Waals surface area contributed by atoms with Crippen LogP contribution in [0.2, 0.25) is 0 Å². The molecule has 0 radical (unpaired) electrons.